The van der Waals surface area contributed by atoms with Crippen molar-refractivity contribution in [1.82, 2.24) is 0 Å². The fourth-order valence-electron chi connectivity index (χ4n) is 2.75. The molecular weight excluding hydrogens is 327 g/mol. The van der Waals surface area contributed by atoms with Gasteiger partial charge < -0.3 is 0 Å². The van der Waals surface area contributed by atoms with E-state index in [2.05, 4.69) is 72.0 Å². The van der Waals surface area contributed by atoms with E-state index in [9.17, 15) is 0 Å². The van der Waals surface area contributed by atoms with Crippen molar-refractivity contribution in [2.75, 3.05) is 23.4 Å². The number of benzene rings is 2. The molecule has 0 radical (unpaired) electrons. The molecule has 2 aliphatic heterocycles. The molecule has 2 aromatic rings. The molecule has 0 saturated heterocycles. The van der Waals surface area contributed by atoms with Crippen LogP contribution in [0.4, 0.5) is 11.4 Å². The monoisotopic (exact) mass is 340 g/mol. The van der Waals surface area contributed by atoms with Crippen molar-refractivity contribution in [3.8, 4) is 0 Å². The molecule has 0 atom stereocenters. The Labute approximate surface area is 131 Å². The molecule has 0 amide bonds. The molecule has 0 unspecified atom stereocenters. The molecular formula is C14H14ClN2PS2. The maximum atomic E-state index is 7.40. The second-order valence-corrected chi connectivity index (χ2v) is 18.0. The number of fused-ring (bicyclic) bond motifs is 2. The summed E-state index contributed by atoms with van der Waals surface area (Å²) in [6, 6.07) is 17.0. The van der Waals surface area contributed by atoms with E-state index in [4.69, 9.17) is 11.2 Å². The molecule has 0 fully saturated rings. The minimum absolute atomic E-state index is 1.23. The number of para-hydroxylation sites is 2. The van der Waals surface area contributed by atoms with Crippen molar-refractivity contribution < 1.29 is 0 Å². The molecule has 0 bridgehead atoms. The molecule has 0 aromatic heterocycles. The molecule has 20 heavy (non-hydrogen) atoms. The van der Waals surface area contributed by atoms with Crippen LogP contribution in [0.15, 0.2) is 58.3 Å². The number of anilines is 2. The van der Waals surface area contributed by atoms with Crippen LogP contribution in [0.5, 0.6) is 0 Å². The first-order valence-electron chi connectivity index (χ1n) is 6.34. The van der Waals surface area contributed by atoms with Crippen LogP contribution in [0.25, 0.3) is 0 Å². The predicted octanol–water partition coefficient (Wildman–Crippen LogP) is 5.84. The van der Waals surface area contributed by atoms with E-state index >= 15 is 0 Å². The van der Waals surface area contributed by atoms with Gasteiger partial charge in [-0.15, -0.1) is 0 Å². The van der Waals surface area contributed by atoms with Gasteiger partial charge in [0.15, 0.2) is 0 Å². The number of hydrogen-bond donors (Lipinski definition) is 0. The molecule has 2 aliphatic rings. The van der Waals surface area contributed by atoms with Gasteiger partial charge in [0.1, 0.15) is 0 Å². The zero-order valence-corrected chi connectivity index (χ0v) is 14.4. The third-order valence-electron chi connectivity index (χ3n) is 3.92. The van der Waals surface area contributed by atoms with Crippen LogP contribution in [-0.4, -0.2) is 14.1 Å². The van der Waals surface area contributed by atoms with Crippen molar-refractivity contribution >= 4 is 50.0 Å². The van der Waals surface area contributed by atoms with Gasteiger partial charge in [0.05, 0.1) is 0 Å². The Balaban J connectivity index is 1.92. The molecule has 0 saturated carbocycles. The number of nitrogens with zero attached hydrogens (tertiary/aromatic N) is 2. The van der Waals surface area contributed by atoms with E-state index in [0.29, 0.717) is 0 Å². The van der Waals surface area contributed by atoms with Gasteiger partial charge in [0, 0.05) is 0 Å². The van der Waals surface area contributed by atoms with Crippen LogP contribution >= 0.6 is 38.7 Å². The first-order valence-corrected chi connectivity index (χ1v) is 12.2. The van der Waals surface area contributed by atoms with Crippen molar-refractivity contribution in [2.24, 2.45) is 0 Å². The average molecular weight is 341 g/mol. The van der Waals surface area contributed by atoms with E-state index in [-0.39, 0.29) is 0 Å². The summed E-state index contributed by atoms with van der Waals surface area (Å²) in [4.78, 5) is 2.55. The summed E-state index contributed by atoms with van der Waals surface area (Å²) in [5.41, 5.74) is 2.47. The van der Waals surface area contributed by atoms with Crippen LogP contribution in [0.3, 0.4) is 0 Å². The first kappa shape index (κ1) is 13.1. The van der Waals surface area contributed by atoms with Gasteiger partial charge in [-0.3, -0.25) is 0 Å². The van der Waals surface area contributed by atoms with E-state index in [1.807, 2.05) is 22.8 Å². The van der Waals surface area contributed by atoms with Gasteiger partial charge in [0.25, 0.3) is 0 Å². The Morgan fingerprint density at radius 3 is 1.60 bits per heavy atom. The van der Waals surface area contributed by atoms with Crippen LogP contribution in [-0.2, 0) is 0 Å². The van der Waals surface area contributed by atoms with Gasteiger partial charge in [-0.1, -0.05) is 0 Å². The minimum atomic E-state index is -2.81. The zero-order valence-electron chi connectivity index (χ0n) is 11.2. The summed E-state index contributed by atoms with van der Waals surface area (Å²) >= 11 is 11.1. The molecule has 4 rings (SSSR count). The Bertz CT molecular complexity index is 664. The number of halogens is 1. The third kappa shape index (κ3) is 1.43. The SMILES string of the molecule is CN1c2ccccc2SP12(Cl)Sc1ccccc1N2C. The van der Waals surface area contributed by atoms with Crippen LogP contribution < -0.4 is 9.34 Å². The third-order valence-corrected chi connectivity index (χ3v) is 17.9. The maximum absolute atomic E-state index is 7.40. The van der Waals surface area contributed by atoms with Crippen molar-refractivity contribution in [3.05, 3.63) is 48.5 Å². The van der Waals surface area contributed by atoms with Gasteiger partial charge >= 0.3 is 132 Å². The topological polar surface area (TPSA) is 6.48 Å². The van der Waals surface area contributed by atoms with Gasteiger partial charge in [-0.25, -0.2) is 0 Å². The molecule has 0 N–H and O–H groups in total. The summed E-state index contributed by atoms with van der Waals surface area (Å²) in [5.74, 6) is 0. The summed E-state index contributed by atoms with van der Waals surface area (Å²) in [5, 5.41) is 0. The Morgan fingerprint density at radius 1 is 0.800 bits per heavy atom. The van der Waals surface area contributed by atoms with Crippen LogP contribution in [0.1, 0.15) is 0 Å². The van der Waals surface area contributed by atoms with E-state index < -0.39 is 4.66 Å². The fraction of sp³-hybridized carbons (Fsp3) is 0.143. The molecule has 2 heterocycles. The molecule has 104 valence electrons. The number of rotatable bonds is 0. The van der Waals surface area contributed by atoms with Crippen LogP contribution in [0, 0.1) is 0 Å². The summed E-state index contributed by atoms with van der Waals surface area (Å²) < 4.78 is 1.80. The van der Waals surface area contributed by atoms with E-state index in [1.54, 1.807) is 0 Å². The Hall–Kier alpha value is -0.540. The second kappa shape index (κ2) is 4.01. The van der Waals surface area contributed by atoms with Crippen molar-refractivity contribution in [1.29, 1.82) is 0 Å². The summed E-state index contributed by atoms with van der Waals surface area (Å²) in [6.45, 7) is 0. The second-order valence-electron chi connectivity index (χ2n) is 4.95. The summed E-state index contributed by atoms with van der Waals surface area (Å²) in [6.07, 6.45) is 0. The van der Waals surface area contributed by atoms with Crippen LogP contribution in [0.2, 0.25) is 0 Å². The van der Waals surface area contributed by atoms with Gasteiger partial charge in [-0.2, -0.15) is 0 Å². The molecule has 2 aromatic carbocycles. The molecule has 2 nitrogen and oxygen atoms in total. The normalized spacial score (nSPS) is 23.2. The van der Waals surface area contributed by atoms with Gasteiger partial charge in [0.2, 0.25) is 0 Å². The summed E-state index contributed by atoms with van der Waals surface area (Å²) in [7, 11) is 4.25. The first-order chi connectivity index (χ1) is 9.53. The molecule has 6 heteroatoms. The standard InChI is InChI=1S/C14H14ClN2PS2/c1-16-11-7-3-5-9-13(11)19-18(16,15)17(2)12-8-4-6-10-14(12)20-18/h3-10H,1-2H3. The fourth-order valence-corrected chi connectivity index (χ4v) is 15.6. The van der Waals surface area contributed by atoms with Gasteiger partial charge in [-0.05, 0) is 0 Å². The Kier molecular flexibility index (Phi) is 2.64. The number of hydrogen-bond acceptors (Lipinski definition) is 4. The van der Waals surface area contributed by atoms with E-state index in [0.717, 1.165) is 0 Å². The predicted molar refractivity (Wildman–Crippen MR) is 94.2 cm³/mol. The Morgan fingerprint density at radius 2 is 1.20 bits per heavy atom. The quantitative estimate of drug-likeness (QED) is 0.556. The average Bonchev–Trinajstić information content (AvgIpc) is 2.83. The van der Waals surface area contributed by atoms with Crippen molar-refractivity contribution in [3.63, 3.8) is 0 Å². The zero-order chi connectivity index (χ0) is 14.0. The molecule has 1 spiro atoms. The van der Waals surface area contributed by atoms with Crippen molar-refractivity contribution in [2.45, 2.75) is 9.79 Å². The molecule has 0 aliphatic carbocycles. The van der Waals surface area contributed by atoms with E-state index in [1.165, 1.54) is 21.2 Å².